The minimum Gasteiger partial charge on any atom is -0.393 e. The molecule has 7 heteroatoms. The van der Waals surface area contributed by atoms with Crippen LogP contribution in [0.15, 0.2) is 67.1 Å². The first-order valence-electron chi connectivity index (χ1n) is 11.7. The monoisotopic (exact) mass is 453 g/mol. The first-order chi connectivity index (χ1) is 16.7. The number of pyridine rings is 1. The first-order valence-corrected chi connectivity index (χ1v) is 11.7. The van der Waals surface area contributed by atoms with E-state index < -0.39 is 5.60 Å². The molecule has 0 unspecified atom stereocenters. The van der Waals surface area contributed by atoms with E-state index in [1.165, 1.54) is 0 Å². The third-order valence-electron chi connectivity index (χ3n) is 7.33. The topological polar surface area (TPSA) is 88.3 Å². The summed E-state index contributed by atoms with van der Waals surface area (Å²) in [6.45, 7) is 0.0565. The van der Waals surface area contributed by atoms with Gasteiger partial charge in [0.2, 0.25) is 0 Å². The number of nitrogens with zero attached hydrogens (tertiary/aromatic N) is 4. The van der Waals surface area contributed by atoms with Gasteiger partial charge in [-0.05, 0) is 37.8 Å². The Bertz CT molecular complexity index is 1420. The minimum atomic E-state index is -0.425. The summed E-state index contributed by atoms with van der Waals surface area (Å²) in [5, 5.41) is 15.6. The molecule has 4 heterocycles. The molecule has 1 aliphatic rings. The van der Waals surface area contributed by atoms with E-state index in [0.29, 0.717) is 5.92 Å². The Labute approximate surface area is 197 Å². The van der Waals surface area contributed by atoms with Crippen molar-refractivity contribution in [3.8, 4) is 22.4 Å². The van der Waals surface area contributed by atoms with Crippen molar-refractivity contribution in [3.05, 3.63) is 72.8 Å². The van der Waals surface area contributed by atoms with Crippen LogP contribution in [0.5, 0.6) is 0 Å². The fourth-order valence-corrected chi connectivity index (χ4v) is 5.22. The van der Waals surface area contributed by atoms with Crippen LogP contribution in [0.3, 0.4) is 0 Å². The summed E-state index contributed by atoms with van der Waals surface area (Å²) < 4.78 is 7.55. The number of ether oxygens (including phenoxy) is 1. The van der Waals surface area contributed by atoms with Crippen LogP contribution < -0.4 is 0 Å². The zero-order valence-electron chi connectivity index (χ0n) is 19.1. The van der Waals surface area contributed by atoms with E-state index in [4.69, 9.17) is 14.7 Å². The number of hydrogen-bond donors (Lipinski definition) is 2. The molecule has 1 aromatic carbocycles. The SMILES string of the molecule is COC1(CO)CCC(c2nc3c(-c4ccc(-c5ccccc5)nc4)cnn3c3[nH]ccc23)CC1. The lowest BCUT2D eigenvalue weighted by atomic mass is 9.77. The maximum Gasteiger partial charge on any atom is 0.165 e. The highest BCUT2D eigenvalue weighted by Crippen LogP contribution is 2.41. The fourth-order valence-electron chi connectivity index (χ4n) is 5.22. The third kappa shape index (κ3) is 3.40. The van der Waals surface area contributed by atoms with Crippen LogP contribution in [-0.4, -0.2) is 49.0 Å². The van der Waals surface area contributed by atoms with Crippen molar-refractivity contribution in [2.45, 2.75) is 37.2 Å². The number of H-pyrrole nitrogens is 1. The van der Waals surface area contributed by atoms with Gasteiger partial charge in [-0.25, -0.2) is 4.98 Å². The van der Waals surface area contributed by atoms with E-state index >= 15 is 0 Å². The summed E-state index contributed by atoms with van der Waals surface area (Å²) in [6.07, 6.45) is 9.20. The highest BCUT2D eigenvalue weighted by molar-refractivity contribution is 5.86. The predicted octanol–water partition coefficient (Wildman–Crippen LogP) is 4.97. The van der Waals surface area contributed by atoms with Crippen molar-refractivity contribution in [1.29, 1.82) is 0 Å². The van der Waals surface area contributed by atoms with Gasteiger partial charge in [0.25, 0.3) is 0 Å². The molecule has 5 aromatic rings. The molecular formula is C27H27N5O2. The van der Waals surface area contributed by atoms with Gasteiger partial charge in [0.15, 0.2) is 5.65 Å². The summed E-state index contributed by atoms with van der Waals surface area (Å²) in [6, 6.07) is 16.4. The second-order valence-corrected chi connectivity index (χ2v) is 9.15. The summed E-state index contributed by atoms with van der Waals surface area (Å²) in [5.74, 6) is 0.305. The van der Waals surface area contributed by atoms with Crippen LogP contribution in [0, 0.1) is 0 Å². The van der Waals surface area contributed by atoms with Gasteiger partial charge in [0.1, 0.15) is 5.65 Å². The molecule has 0 spiro atoms. The van der Waals surface area contributed by atoms with Gasteiger partial charge in [-0.15, -0.1) is 0 Å². The summed E-state index contributed by atoms with van der Waals surface area (Å²) in [4.78, 5) is 13.2. The van der Waals surface area contributed by atoms with Gasteiger partial charge >= 0.3 is 0 Å². The van der Waals surface area contributed by atoms with Crippen molar-refractivity contribution >= 4 is 16.7 Å². The molecule has 0 amide bonds. The van der Waals surface area contributed by atoms with Crippen LogP contribution >= 0.6 is 0 Å². The molecule has 1 fully saturated rings. The Hall–Kier alpha value is -3.55. The van der Waals surface area contributed by atoms with Crippen molar-refractivity contribution in [2.75, 3.05) is 13.7 Å². The molecule has 172 valence electrons. The largest absolute Gasteiger partial charge is 0.393 e. The van der Waals surface area contributed by atoms with Crippen molar-refractivity contribution < 1.29 is 9.84 Å². The Morgan fingerprint density at radius 3 is 2.59 bits per heavy atom. The number of rotatable bonds is 5. The number of hydrogen-bond acceptors (Lipinski definition) is 5. The number of aromatic amines is 1. The third-order valence-corrected chi connectivity index (χ3v) is 7.33. The van der Waals surface area contributed by atoms with Gasteiger partial charge in [-0.3, -0.25) is 4.98 Å². The molecule has 6 rings (SSSR count). The smallest absolute Gasteiger partial charge is 0.165 e. The number of aromatic nitrogens is 5. The number of fused-ring (bicyclic) bond motifs is 3. The molecule has 2 N–H and O–H groups in total. The van der Waals surface area contributed by atoms with Gasteiger partial charge in [-0.1, -0.05) is 36.4 Å². The zero-order valence-corrected chi connectivity index (χ0v) is 19.1. The van der Waals surface area contributed by atoms with E-state index in [-0.39, 0.29) is 6.61 Å². The molecule has 34 heavy (non-hydrogen) atoms. The Morgan fingerprint density at radius 1 is 1.06 bits per heavy atom. The second kappa shape index (κ2) is 8.34. The lowest BCUT2D eigenvalue weighted by molar-refractivity contribution is -0.0784. The lowest BCUT2D eigenvalue weighted by Crippen LogP contribution is -2.39. The first kappa shape index (κ1) is 21.0. The minimum absolute atomic E-state index is 0.0565. The van der Waals surface area contributed by atoms with Crippen LogP contribution in [0.25, 0.3) is 39.1 Å². The molecule has 7 nitrogen and oxygen atoms in total. The van der Waals surface area contributed by atoms with Crippen molar-refractivity contribution in [1.82, 2.24) is 24.6 Å². The Morgan fingerprint density at radius 2 is 1.88 bits per heavy atom. The quantitative estimate of drug-likeness (QED) is 0.392. The highest BCUT2D eigenvalue weighted by Gasteiger charge is 2.36. The van der Waals surface area contributed by atoms with Crippen molar-refractivity contribution in [3.63, 3.8) is 0 Å². The van der Waals surface area contributed by atoms with E-state index in [0.717, 1.165) is 70.4 Å². The molecule has 4 aromatic heterocycles. The zero-order chi connectivity index (χ0) is 23.1. The predicted molar refractivity (Wildman–Crippen MR) is 132 cm³/mol. The number of nitrogens with one attached hydrogen (secondary N) is 1. The molecule has 0 saturated heterocycles. The van der Waals surface area contributed by atoms with E-state index in [2.05, 4.69) is 34.3 Å². The van der Waals surface area contributed by atoms with Crippen LogP contribution in [0.1, 0.15) is 37.3 Å². The highest BCUT2D eigenvalue weighted by atomic mass is 16.5. The molecular weight excluding hydrogens is 426 g/mol. The van der Waals surface area contributed by atoms with Gasteiger partial charge in [0, 0.05) is 47.5 Å². The second-order valence-electron chi connectivity index (χ2n) is 9.15. The summed E-state index contributed by atoms with van der Waals surface area (Å²) in [5.41, 5.74) is 6.41. The van der Waals surface area contributed by atoms with Crippen LogP contribution in [0.4, 0.5) is 0 Å². The summed E-state index contributed by atoms with van der Waals surface area (Å²) in [7, 11) is 1.70. The van der Waals surface area contributed by atoms with E-state index in [1.807, 2.05) is 47.4 Å². The van der Waals surface area contributed by atoms with Crippen molar-refractivity contribution in [2.24, 2.45) is 0 Å². The standard InChI is InChI=1S/C27H27N5O2/c1-34-27(17-33)12-9-19(10-13-27)24-21-11-14-28-25(21)32-26(31-24)22(16-30-32)20-7-8-23(29-15-20)18-5-3-2-4-6-18/h2-8,11,14-16,19,28,33H,9-10,12-13,17H2,1H3. The summed E-state index contributed by atoms with van der Waals surface area (Å²) >= 11 is 0. The molecule has 1 saturated carbocycles. The maximum absolute atomic E-state index is 9.84. The number of aliphatic hydroxyl groups excluding tert-OH is 1. The average molecular weight is 454 g/mol. The number of aliphatic hydroxyl groups is 1. The maximum atomic E-state index is 9.84. The molecule has 0 atom stereocenters. The van der Waals surface area contributed by atoms with E-state index in [1.54, 1.807) is 7.11 Å². The molecule has 0 bridgehead atoms. The van der Waals surface area contributed by atoms with E-state index in [9.17, 15) is 5.11 Å². The molecule has 0 aliphatic heterocycles. The normalized spacial score (nSPS) is 20.8. The fraction of sp³-hybridized carbons (Fsp3) is 0.296. The number of benzene rings is 1. The molecule has 0 radical (unpaired) electrons. The Balaban J connectivity index is 1.40. The Kier molecular flexibility index (Phi) is 5.16. The van der Waals surface area contributed by atoms with Crippen LogP contribution in [-0.2, 0) is 4.74 Å². The van der Waals surface area contributed by atoms with Gasteiger partial charge in [0.05, 0.1) is 29.8 Å². The average Bonchev–Trinajstić information content (AvgIpc) is 3.56. The van der Waals surface area contributed by atoms with Crippen LogP contribution in [0.2, 0.25) is 0 Å². The number of methoxy groups -OCH3 is 1. The van der Waals surface area contributed by atoms with Gasteiger partial charge < -0.3 is 14.8 Å². The molecule has 1 aliphatic carbocycles. The lowest BCUT2D eigenvalue weighted by Gasteiger charge is -2.37. The van der Waals surface area contributed by atoms with Gasteiger partial charge in [-0.2, -0.15) is 9.61 Å².